The zero-order valence-corrected chi connectivity index (χ0v) is 13.8. The van der Waals surface area contributed by atoms with E-state index in [9.17, 15) is 12.8 Å². The molecule has 4 nitrogen and oxygen atoms in total. The number of benzene rings is 1. The van der Waals surface area contributed by atoms with Crippen molar-refractivity contribution in [3.8, 4) is 0 Å². The molecule has 1 rings (SSSR count). The van der Waals surface area contributed by atoms with Gasteiger partial charge in [0, 0.05) is 18.1 Å². The van der Waals surface area contributed by atoms with E-state index >= 15 is 0 Å². The van der Waals surface area contributed by atoms with Crippen molar-refractivity contribution < 1.29 is 12.8 Å². The second kappa shape index (κ2) is 5.50. The highest BCUT2D eigenvalue weighted by molar-refractivity contribution is 7.89. The number of nitrogen functional groups attached to an aromatic ring is 1. The molecule has 0 aliphatic heterocycles. The van der Waals surface area contributed by atoms with Gasteiger partial charge < -0.3 is 5.73 Å². The highest BCUT2D eigenvalue weighted by Crippen LogP contribution is 2.31. The average Bonchev–Trinajstić information content (AvgIpc) is 2.30. The molecule has 0 aliphatic rings. The average molecular weight is 323 g/mol. The van der Waals surface area contributed by atoms with Gasteiger partial charge in [-0.05, 0) is 24.5 Å². The van der Waals surface area contributed by atoms with E-state index in [4.69, 9.17) is 17.3 Å². The predicted molar refractivity (Wildman–Crippen MR) is 79.7 cm³/mol. The van der Waals surface area contributed by atoms with E-state index in [1.165, 1.54) is 13.1 Å². The normalized spacial score (nSPS) is 14.6. The molecular weight excluding hydrogens is 303 g/mol. The van der Waals surface area contributed by atoms with Gasteiger partial charge in [0.05, 0.1) is 5.69 Å². The summed E-state index contributed by atoms with van der Waals surface area (Å²) in [6.45, 7) is 7.49. The van der Waals surface area contributed by atoms with Crippen molar-refractivity contribution in [2.45, 2.75) is 38.6 Å². The molecule has 0 heterocycles. The van der Waals surface area contributed by atoms with Gasteiger partial charge in [-0.15, -0.1) is 0 Å². The van der Waals surface area contributed by atoms with Crippen molar-refractivity contribution in [2.24, 2.45) is 5.41 Å². The summed E-state index contributed by atoms with van der Waals surface area (Å²) in [6.07, 6.45) is 0. The first-order valence-electron chi connectivity index (χ1n) is 6.11. The van der Waals surface area contributed by atoms with Gasteiger partial charge in [-0.3, -0.25) is 0 Å². The van der Waals surface area contributed by atoms with Gasteiger partial charge in [0.1, 0.15) is 4.90 Å². The zero-order valence-electron chi connectivity index (χ0n) is 12.2. The van der Waals surface area contributed by atoms with Crippen LogP contribution in [0.4, 0.5) is 10.1 Å². The standard InChI is InChI=1S/C13H20ClFN2O2S/c1-8(13(2,3)4)17(5)20(18,19)11-7-9(14)6-10(16)12(11)15/h6-8H,16H2,1-5H3. The molecule has 1 aromatic carbocycles. The van der Waals surface area contributed by atoms with Crippen molar-refractivity contribution in [3.05, 3.63) is 23.0 Å². The minimum Gasteiger partial charge on any atom is -0.396 e. The Labute approximate surface area is 124 Å². The first-order chi connectivity index (χ1) is 8.89. The Bertz CT molecular complexity index is 612. The number of sulfonamides is 1. The number of hydrogen-bond acceptors (Lipinski definition) is 3. The Morgan fingerprint density at radius 1 is 1.35 bits per heavy atom. The van der Waals surface area contributed by atoms with E-state index in [1.54, 1.807) is 6.92 Å². The molecule has 1 unspecified atom stereocenters. The van der Waals surface area contributed by atoms with Crippen LogP contribution in [0.25, 0.3) is 0 Å². The Balaban J connectivity index is 3.38. The molecule has 1 aromatic rings. The molecule has 1 atom stereocenters. The van der Waals surface area contributed by atoms with E-state index in [0.717, 1.165) is 10.4 Å². The lowest BCUT2D eigenvalue weighted by Gasteiger charge is -2.34. The summed E-state index contributed by atoms with van der Waals surface area (Å²) in [5.41, 5.74) is 4.86. The third-order valence-electron chi connectivity index (χ3n) is 3.49. The molecule has 0 radical (unpaired) electrons. The molecule has 2 N–H and O–H groups in total. The molecule has 0 spiro atoms. The summed E-state index contributed by atoms with van der Waals surface area (Å²) >= 11 is 5.77. The lowest BCUT2D eigenvalue weighted by Crippen LogP contribution is -2.43. The van der Waals surface area contributed by atoms with Gasteiger partial charge in [-0.2, -0.15) is 4.31 Å². The van der Waals surface area contributed by atoms with Crippen LogP contribution >= 0.6 is 11.6 Å². The summed E-state index contributed by atoms with van der Waals surface area (Å²) in [6, 6.07) is 1.93. The smallest absolute Gasteiger partial charge is 0.246 e. The van der Waals surface area contributed by atoms with Crippen LogP contribution in [-0.4, -0.2) is 25.8 Å². The van der Waals surface area contributed by atoms with Gasteiger partial charge in [0.25, 0.3) is 0 Å². The Hall–Kier alpha value is -0.850. The lowest BCUT2D eigenvalue weighted by atomic mass is 9.88. The third-order valence-corrected chi connectivity index (χ3v) is 5.63. The maximum Gasteiger partial charge on any atom is 0.246 e. The number of nitrogens with two attached hydrogens (primary N) is 1. The molecule has 0 saturated heterocycles. The van der Waals surface area contributed by atoms with Gasteiger partial charge in [-0.25, -0.2) is 12.8 Å². The predicted octanol–water partition coefficient (Wildman–Crippen LogP) is 3.12. The molecule has 7 heteroatoms. The molecule has 0 aromatic heterocycles. The summed E-state index contributed by atoms with van der Waals surface area (Å²) in [7, 11) is -2.58. The van der Waals surface area contributed by atoms with Gasteiger partial charge in [-0.1, -0.05) is 32.4 Å². The Morgan fingerprint density at radius 2 is 1.85 bits per heavy atom. The first-order valence-corrected chi connectivity index (χ1v) is 7.93. The minimum atomic E-state index is -4.00. The fraction of sp³-hybridized carbons (Fsp3) is 0.538. The van der Waals surface area contributed by atoms with Crippen LogP contribution < -0.4 is 5.73 Å². The molecule has 114 valence electrons. The summed E-state index contributed by atoms with van der Waals surface area (Å²) < 4.78 is 40.2. The first kappa shape index (κ1) is 17.2. The van der Waals surface area contributed by atoms with Crippen LogP contribution in [0.5, 0.6) is 0 Å². The van der Waals surface area contributed by atoms with E-state index in [1.807, 2.05) is 20.8 Å². The maximum absolute atomic E-state index is 14.0. The molecule has 20 heavy (non-hydrogen) atoms. The van der Waals surface area contributed by atoms with Crippen molar-refractivity contribution >= 4 is 27.3 Å². The van der Waals surface area contributed by atoms with Crippen molar-refractivity contribution in [1.29, 1.82) is 0 Å². The van der Waals surface area contributed by atoms with Gasteiger partial charge in [0.15, 0.2) is 5.82 Å². The molecule has 0 saturated carbocycles. The lowest BCUT2D eigenvalue weighted by molar-refractivity contribution is 0.216. The van der Waals surface area contributed by atoms with E-state index < -0.39 is 20.7 Å². The summed E-state index contributed by atoms with van der Waals surface area (Å²) in [5, 5.41) is 0.0827. The van der Waals surface area contributed by atoms with Crippen molar-refractivity contribution in [3.63, 3.8) is 0 Å². The van der Waals surface area contributed by atoms with Gasteiger partial charge >= 0.3 is 0 Å². The largest absolute Gasteiger partial charge is 0.396 e. The van der Waals surface area contributed by atoms with Crippen molar-refractivity contribution in [2.75, 3.05) is 12.8 Å². The summed E-state index contributed by atoms with van der Waals surface area (Å²) in [5.74, 6) is -0.970. The fourth-order valence-electron chi connectivity index (χ4n) is 1.68. The second-order valence-corrected chi connectivity index (χ2v) is 8.27. The Morgan fingerprint density at radius 3 is 2.30 bits per heavy atom. The van der Waals surface area contributed by atoms with Crippen LogP contribution in [0.1, 0.15) is 27.7 Å². The van der Waals surface area contributed by atoms with Crippen LogP contribution in [-0.2, 0) is 10.0 Å². The third kappa shape index (κ3) is 3.24. The van der Waals surface area contributed by atoms with E-state index in [2.05, 4.69) is 0 Å². The number of hydrogen-bond donors (Lipinski definition) is 1. The molecule has 0 aliphatic carbocycles. The SMILES string of the molecule is CC(N(C)S(=O)(=O)c1cc(Cl)cc(N)c1F)C(C)(C)C. The number of nitrogens with zero attached hydrogens (tertiary/aromatic N) is 1. The molecule has 0 bridgehead atoms. The highest BCUT2D eigenvalue weighted by Gasteiger charge is 2.34. The topological polar surface area (TPSA) is 63.4 Å². The maximum atomic E-state index is 14.0. The molecule has 0 fully saturated rings. The van der Waals surface area contributed by atoms with Crippen LogP contribution in [0.2, 0.25) is 5.02 Å². The van der Waals surface area contributed by atoms with Crippen LogP contribution in [0.3, 0.4) is 0 Å². The second-order valence-electron chi connectivity index (χ2n) is 5.87. The number of anilines is 1. The zero-order chi connectivity index (χ0) is 15.9. The van der Waals surface area contributed by atoms with Crippen molar-refractivity contribution in [1.82, 2.24) is 4.31 Å². The molecule has 0 amide bonds. The Kier molecular flexibility index (Phi) is 4.73. The van der Waals surface area contributed by atoms with E-state index in [0.29, 0.717) is 0 Å². The highest BCUT2D eigenvalue weighted by atomic mass is 35.5. The monoisotopic (exact) mass is 322 g/mol. The minimum absolute atomic E-state index is 0.0827. The number of rotatable bonds is 3. The van der Waals surface area contributed by atoms with E-state index in [-0.39, 0.29) is 22.2 Å². The summed E-state index contributed by atoms with van der Waals surface area (Å²) in [4.78, 5) is -0.499. The quantitative estimate of drug-likeness (QED) is 0.870. The number of halogens is 2. The molecular formula is C13H20ClFN2O2S. The van der Waals surface area contributed by atoms with Gasteiger partial charge in [0.2, 0.25) is 10.0 Å². The van der Waals surface area contributed by atoms with Crippen LogP contribution in [0, 0.1) is 11.2 Å². The van der Waals surface area contributed by atoms with Crippen LogP contribution in [0.15, 0.2) is 17.0 Å². The fourth-order valence-corrected chi connectivity index (χ4v) is 3.64.